The minimum atomic E-state index is -0.302. The third kappa shape index (κ3) is 3.75. The maximum absolute atomic E-state index is 13.0. The topological polar surface area (TPSA) is 46.9 Å². The van der Waals surface area contributed by atoms with Crippen molar-refractivity contribution in [3.8, 4) is 11.4 Å². The molecule has 0 bridgehead atoms. The van der Waals surface area contributed by atoms with Gasteiger partial charge in [0.1, 0.15) is 18.2 Å². The van der Waals surface area contributed by atoms with Crippen molar-refractivity contribution in [2.24, 2.45) is 0 Å². The lowest BCUT2D eigenvalue weighted by molar-refractivity contribution is -0.121. The molecular formula is C22H17ClFN3O. The molecule has 1 amide bonds. The van der Waals surface area contributed by atoms with Crippen molar-refractivity contribution in [1.29, 1.82) is 0 Å². The Morgan fingerprint density at radius 3 is 2.50 bits per heavy atom. The van der Waals surface area contributed by atoms with Crippen molar-refractivity contribution >= 4 is 28.5 Å². The Morgan fingerprint density at radius 2 is 1.71 bits per heavy atom. The summed E-state index contributed by atoms with van der Waals surface area (Å²) in [6.07, 6.45) is 0. The summed E-state index contributed by atoms with van der Waals surface area (Å²) < 4.78 is 14.9. The number of hydrogen-bond donors (Lipinski definition) is 1. The molecule has 140 valence electrons. The van der Waals surface area contributed by atoms with Gasteiger partial charge in [-0.05, 0) is 42.0 Å². The number of carbonyl (C=O) groups excluding carboxylic acids is 1. The average molecular weight is 394 g/mol. The van der Waals surface area contributed by atoms with E-state index in [0.29, 0.717) is 17.4 Å². The Balaban J connectivity index is 1.62. The van der Waals surface area contributed by atoms with Gasteiger partial charge in [0, 0.05) is 12.1 Å². The van der Waals surface area contributed by atoms with E-state index in [9.17, 15) is 9.18 Å². The summed E-state index contributed by atoms with van der Waals surface area (Å²) in [6, 6.07) is 21.1. The molecule has 1 N–H and O–H groups in total. The van der Waals surface area contributed by atoms with Gasteiger partial charge in [-0.2, -0.15) is 0 Å². The molecule has 0 fully saturated rings. The van der Waals surface area contributed by atoms with E-state index in [2.05, 4.69) is 10.3 Å². The van der Waals surface area contributed by atoms with Gasteiger partial charge in [-0.3, -0.25) is 4.79 Å². The maximum Gasteiger partial charge on any atom is 0.240 e. The summed E-state index contributed by atoms with van der Waals surface area (Å²) in [4.78, 5) is 17.3. The van der Waals surface area contributed by atoms with Crippen LogP contribution in [0.4, 0.5) is 4.39 Å². The van der Waals surface area contributed by atoms with Gasteiger partial charge in [0.25, 0.3) is 0 Å². The van der Waals surface area contributed by atoms with Crippen molar-refractivity contribution in [3.05, 3.63) is 89.2 Å². The van der Waals surface area contributed by atoms with Crippen molar-refractivity contribution in [1.82, 2.24) is 14.9 Å². The monoisotopic (exact) mass is 393 g/mol. The molecule has 0 radical (unpaired) electrons. The van der Waals surface area contributed by atoms with Gasteiger partial charge in [-0.1, -0.05) is 48.0 Å². The number of nitrogens with zero attached hydrogens (tertiary/aromatic N) is 2. The summed E-state index contributed by atoms with van der Waals surface area (Å²) in [5.74, 6) is 0.175. The summed E-state index contributed by atoms with van der Waals surface area (Å²) in [5.41, 5.74) is 3.25. The van der Waals surface area contributed by atoms with Crippen molar-refractivity contribution in [3.63, 3.8) is 0 Å². The van der Waals surface area contributed by atoms with Gasteiger partial charge in [0.15, 0.2) is 0 Å². The average Bonchev–Trinajstić information content (AvgIpc) is 3.06. The number of halogens is 2. The quantitative estimate of drug-likeness (QED) is 0.528. The van der Waals surface area contributed by atoms with Crippen LogP contribution in [-0.4, -0.2) is 15.5 Å². The predicted octanol–water partition coefficient (Wildman–Crippen LogP) is 4.81. The summed E-state index contributed by atoms with van der Waals surface area (Å²) in [7, 11) is 0. The van der Waals surface area contributed by atoms with Gasteiger partial charge in [0.2, 0.25) is 5.91 Å². The number of amides is 1. The number of benzene rings is 3. The number of fused-ring (bicyclic) bond motifs is 1. The Morgan fingerprint density at radius 1 is 1.00 bits per heavy atom. The Bertz CT molecular complexity index is 1140. The molecule has 6 heteroatoms. The standard InChI is InChI=1S/C22H17ClFN3O/c23-18-6-2-1-5-17(18)22-26-19-7-3-4-8-20(19)27(22)14-21(28)25-13-15-9-11-16(24)12-10-15/h1-12H,13-14H2,(H,25,28). The number of nitrogens with one attached hydrogen (secondary N) is 1. The molecule has 3 aromatic carbocycles. The summed E-state index contributed by atoms with van der Waals surface area (Å²) in [5, 5.41) is 3.45. The lowest BCUT2D eigenvalue weighted by Crippen LogP contribution is -2.27. The molecule has 0 aliphatic heterocycles. The van der Waals surface area contributed by atoms with E-state index in [1.54, 1.807) is 18.2 Å². The zero-order chi connectivity index (χ0) is 19.5. The first-order valence-electron chi connectivity index (χ1n) is 8.83. The van der Waals surface area contributed by atoms with E-state index >= 15 is 0 Å². The number of carbonyl (C=O) groups is 1. The van der Waals surface area contributed by atoms with Gasteiger partial charge in [-0.15, -0.1) is 0 Å². The largest absolute Gasteiger partial charge is 0.350 e. The van der Waals surface area contributed by atoms with Crippen molar-refractivity contribution in [2.45, 2.75) is 13.1 Å². The number of hydrogen-bond acceptors (Lipinski definition) is 2. The molecule has 0 aliphatic rings. The number of imidazole rings is 1. The number of rotatable bonds is 5. The van der Waals surface area contributed by atoms with Gasteiger partial charge in [-0.25, -0.2) is 9.37 Å². The number of aromatic nitrogens is 2. The first-order chi connectivity index (χ1) is 13.6. The minimum absolute atomic E-state index is 0.0995. The molecule has 1 aromatic heterocycles. The van der Waals surface area contributed by atoms with E-state index < -0.39 is 0 Å². The second kappa shape index (κ2) is 7.82. The lowest BCUT2D eigenvalue weighted by atomic mass is 10.2. The fourth-order valence-corrected chi connectivity index (χ4v) is 3.31. The van der Waals surface area contributed by atoms with Crippen LogP contribution in [0.2, 0.25) is 5.02 Å². The van der Waals surface area contributed by atoms with Gasteiger partial charge < -0.3 is 9.88 Å². The van der Waals surface area contributed by atoms with Crippen LogP contribution in [0.1, 0.15) is 5.56 Å². The highest BCUT2D eigenvalue weighted by Crippen LogP contribution is 2.30. The smallest absolute Gasteiger partial charge is 0.240 e. The van der Waals surface area contributed by atoms with Crippen LogP contribution >= 0.6 is 11.6 Å². The molecule has 4 aromatic rings. The highest BCUT2D eigenvalue weighted by Gasteiger charge is 2.16. The summed E-state index contributed by atoms with van der Waals surface area (Å²) in [6.45, 7) is 0.426. The fraction of sp³-hybridized carbons (Fsp3) is 0.0909. The molecule has 28 heavy (non-hydrogen) atoms. The van der Waals surface area contributed by atoms with E-state index in [0.717, 1.165) is 22.2 Å². The second-order valence-electron chi connectivity index (χ2n) is 6.39. The third-order valence-corrected chi connectivity index (χ3v) is 4.80. The molecule has 0 saturated heterocycles. The molecule has 4 rings (SSSR count). The highest BCUT2D eigenvalue weighted by atomic mass is 35.5. The molecule has 4 nitrogen and oxygen atoms in total. The van der Waals surface area contributed by atoms with Crippen LogP contribution in [0.15, 0.2) is 72.8 Å². The van der Waals surface area contributed by atoms with Crippen LogP contribution in [0.3, 0.4) is 0 Å². The maximum atomic E-state index is 13.0. The normalized spacial score (nSPS) is 10.9. The molecule has 0 saturated carbocycles. The summed E-state index contributed by atoms with van der Waals surface area (Å²) >= 11 is 6.36. The number of para-hydroxylation sites is 2. The first-order valence-corrected chi connectivity index (χ1v) is 9.21. The first kappa shape index (κ1) is 18.2. The Labute approximate surface area is 166 Å². The minimum Gasteiger partial charge on any atom is -0.350 e. The van der Waals surface area contributed by atoms with Gasteiger partial charge >= 0.3 is 0 Å². The second-order valence-corrected chi connectivity index (χ2v) is 6.80. The molecule has 1 heterocycles. The Kier molecular flexibility index (Phi) is 5.08. The van der Waals surface area contributed by atoms with Crippen molar-refractivity contribution in [2.75, 3.05) is 0 Å². The SMILES string of the molecule is O=C(Cn1c(-c2ccccc2Cl)nc2ccccc21)NCc1ccc(F)cc1. The van der Waals surface area contributed by atoms with Gasteiger partial charge in [0.05, 0.1) is 16.1 Å². The predicted molar refractivity (Wildman–Crippen MR) is 108 cm³/mol. The van der Waals surface area contributed by atoms with Crippen LogP contribution < -0.4 is 5.32 Å². The van der Waals surface area contributed by atoms with E-state index in [4.69, 9.17) is 11.6 Å². The zero-order valence-electron chi connectivity index (χ0n) is 14.9. The molecular weight excluding hydrogens is 377 g/mol. The van der Waals surface area contributed by atoms with E-state index in [1.165, 1.54) is 12.1 Å². The fourth-order valence-electron chi connectivity index (χ4n) is 3.09. The molecule has 0 unspecified atom stereocenters. The van der Waals surface area contributed by atoms with E-state index in [1.807, 2.05) is 47.0 Å². The molecule has 0 atom stereocenters. The molecule has 0 aliphatic carbocycles. The van der Waals surface area contributed by atoms with Crippen LogP contribution in [0.25, 0.3) is 22.4 Å². The highest BCUT2D eigenvalue weighted by molar-refractivity contribution is 6.33. The van der Waals surface area contributed by atoms with Crippen molar-refractivity contribution < 1.29 is 9.18 Å². The van der Waals surface area contributed by atoms with Crippen LogP contribution in [0, 0.1) is 5.82 Å². The Hall–Kier alpha value is -3.18. The third-order valence-electron chi connectivity index (χ3n) is 4.47. The molecule has 0 spiro atoms. The zero-order valence-corrected chi connectivity index (χ0v) is 15.7. The van der Waals surface area contributed by atoms with E-state index in [-0.39, 0.29) is 18.3 Å². The van der Waals surface area contributed by atoms with Crippen LogP contribution in [0.5, 0.6) is 0 Å². The van der Waals surface area contributed by atoms with Crippen LogP contribution in [-0.2, 0) is 17.9 Å². The lowest BCUT2D eigenvalue weighted by Gasteiger charge is -2.11.